The highest BCUT2D eigenvalue weighted by Crippen LogP contribution is 2.23. The first kappa shape index (κ1) is 15.9. The van der Waals surface area contributed by atoms with Crippen molar-refractivity contribution < 1.29 is 10.0 Å². The molecule has 0 spiro atoms. The fourth-order valence-corrected chi connectivity index (χ4v) is 2.78. The van der Waals surface area contributed by atoms with Crippen LogP contribution in [0.1, 0.15) is 18.4 Å². The zero-order valence-electron chi connectivity index (χ0n) is 11.4. The van der Waals surface area contributed by atoms with Crippen molar-refractivity contribution in [3.05, 3.63) is 33.8 Å². The molecule has 1 aliphatic rings. The zero-order chi connectivity index (χ0) is 15.4. The van der Waals surface area contributed by atoms with Gasteiger partial charge >= 0.3 is 0 Å². The Bertz CT molecular complexity index is 563. The second kappa shape index (κ2) is 7.00. The average molecular weight is 330 g/mol. The van der Waals surface area contributed by atoms with E-state index >= 15 is 0 Å². The van der Waals surface area contributed by atoms with Crippen molar-refractivity contribution in [2.75, 3.05) is 13.1 Å². The lowest BCUT2D eigenvalue weighted by Crippen LogP contribution is -2.44. The first-order valence-electron chi connectivity index (χ1n) is 6.70. The third kappa shape index (κ3) is 4.02. The van der Waals surface area contributed by atoms with Crippen LogP contribution < -0.4 is 5.73 Å². The van der Waals surface area contributed by atoms with Crippen molar-refractivity contribution in [2.24, 2.45) is 16.8 Å². The van der Waals surface area contributed by atoms with Gasteiger partial charge in [-0.15, -0.1) is 0 Å². The number of carbonyl (C=O) groups excluding carboxylic acids is 1. The molecule has 0 aromatic heterocycles. The van der Waals surface area contributed by atoms with Gasteiger partial charge in [-0.25, -0.2) is 0 Å². The van der Waals surface area contributed by atoms with Crippen molar-refractivity contribution in [1.29, 1.82) is 0 Å². The van der Waals surface area contributed by atoms with Crippen molar-refractivity contribution in [2.45, 2.75) is 19.3 Å². The van der Waals surface area contributed by atoms with Gasteiger partial charge in [-0.3, -0.25) is 4.79 Å². The van der Waals surface area contributed by atoms with E-state index in [0.717, 1.165) is 18.4 Å². The summed E-state index contributed by atoms with van der Waals surface area (Å²) in [6.07, 6.45) is 1.93. The minimum atomic E-state index is -0.0819. The zero-order valence-corrected chi connectivity index (χ0v) is 12.9. The second-order valence-electron chi connectivity index (χ2n) is 5.13. The number of carbonyl (C=O) groups is 1. The van der Waals surface area contributed by atoms with E-state index in [4.69, 9.17) is 34.1 Å². The lowest BCUT2D eigenvalue weighted by atomic mass is 9.96. The van der Waals surface area contributed by atoms with Gasteiger partial charge in [0, 0.05) is 19.0 Å². The standard InChI is InChI=1S/C14H17Cl2N3O2/c15-11-4-3-9(6-12(11)16)7-13(20)19-5-1-2-10(8-19)14(17)18-21/h3-4,6,10,21H,1-2,5,7-8H2,(H2,17,18). The average Bonchev–Trinajstić information content (AvgIpc) is 2.50. The van der Waals surface area contributed by atoms with Gasteiger partial charge in [0.1, 0.15) is 5.84 Å². The fourth-order valence-electron chi connectivity index (χ4n) is 2.46. The summed E-state index contributed by atoms with van der Waals surface area (Å²) in [5.74, 6) is 0.104. The molecule has 0 radical (unpaired) electrons. The van der Waals surface area contributed by atoms with Crippen LogP contribution in [0, 0.1) is 5.92 Å². The maximum absolute atomic E-state index is 12.3. The molecule has 1 aromatic carbocycles. The highest BCUT2D eigenvalue weighted by molar-refractivity contribution is 6.42. The summed E-state index contributed by atoms with van der Waals surface area (Å²) in [5, 5.41) is 12.7. The molecule has 21 heavy (non-hydrogen) atoms. The summed E-state index contributed by atoms with van der Waals surface area (Å²) in [4.78, 5) is 14.1. The smallest absolute Gasteiger partial charge is 0.227 e. The molecular weight excluding hydrogens is 313 g/mol. The number of oxime groups is 1. The Morgan fingerprint density at radius 3 is 2.86 bits per heavy atom. The van der Waals surface area contributed by atoms with E-state index in [0.29, 0.717) is 23.1 Å². The van der Waals surface area contributed by atoms with Crippen LogP contribution in [0.2, 0.25) is 10.0 Å². The lowest BCUT2D eigenvalue weighted by molar-refractivity contribution is -0.131. The van der Waals surface area contributed by atoms with E-state index in [1.54, 1.807) is 23.1 Å². The first-order chi connectivity index (χ1) is 10.0. The molecule has 1 aliphatic heterocycles. The highest BCUT2D eigenvalue weighted by atomic mass is 35.5. The monoisotopic (exact) mass is 329 g/mol. The quantitative estimate of drug-likeness (QED) is 0.387. The van der Waals surface area contributed by atoms with Gasteiger partial charge in [0.25, 0.3) is 0 Å². The van der Waals surface area contributed by atoms with Crippen molar-refractivity contribution >= 4 is 34.9 Å². The van der Waals surface area contributed by atoms with Crippen LogP contribution in [0.4, 0.5) is 0 Å². The maximum Gasteiger partial charge on any atom is 0.227 e. The lowest BCUT2D eigenvalue weighted by Gasteiger charge is -2.32. The molecule has 1 fully saturated rings. The molecule has 1 aromatic rings. The Hall–Kier alpha value is -1.46. The number of benzene rings is 1. The number of halogens is 2. The molecule has 1 atom stereocenters. The van der Waals surface area contributed by atoms with Crippen LogP contribution in [0.25, 0.3) is 0 Å². The number of amidine groups is 1. The maximum atomic E-state index is 12.3. The van der Waals surface area contributed by atoms with Crippen molar-refractivity contribution in [3.8, 4) is 0 Å². The Morgan fingerprint density at radius 2 is 2.19 bits per heavy atom. The SMILES string of the molecule is NC(=NO)C1CCCN(C(=O)Cc2ccc(Cl)c(Cl)c2)C1. The van der Waals surface area contributed by atoms with Gasteiger partial charge in [0.05, 0.1) is 16.5 Å². The summed E-state index contributed by atoms with van der Waals surface area (Å²) in [6.45, 7) is 1.17. The summed E-state index contributed by atoms with van der Waals surface area (Å²) < 4.78 is 0. The van der Waals surface area contributed by atoms with Crippen LogP contribution >= 0.6 is 23.2 Å². The number of hydrogen-bond donors (Lipinski definition) is 2. The van der Waals surface area contributed by atoms with Gasteiger partial charge in [-0.1, -0.05) is 34.4 Å². The first-order valence-corrected chi connectivity index (χ1v) is 7.46. The fraction of sp³-hybridized carbons (Fsp3) is 0.429. The third-order valence-electron chi connectivity index (χ3n) is 3.65. The number of nitrogens with zero attached hydrogens (tertiary/aromatic N) is 2. The van der Waals surface area contributed by atoms with Crippen LogP contribution in [0.15, 0.2) is 23.4 Å². The number of piperidine rings is 1. The Kier molecular flexibility index (Phi) is 5.31. The Labute approximate surface area is 133 Å². The highest BCUT2D eigenvalue weighted by Gasteiger charge is 2.26. The van der Waals surface area contributed by atoms with Crippen molar-refractivity contribution in [3.63, 3.8) is 0 Å². The van der Waals surface area contributed by atoms with E-state index in [1.165, 1.54) is 0 Å². The second-order valence-corrected chi connectivity index (χ2v) is 5.94. The van der Waals surface area contributed by atoms with Gasteiger partial charge in [-0.2, -0.15) is 0 Å². The Morgan fingerprint density at radius 1 is 1.43 bits per heavy atom. The molecular formula is C14H17Cl2N3O2. The molecule has 7 heteroatoms. The largest absolute Gasteiger partial charge is 0.409 e. The van der Waals surface area contributed by atoms with Crippen LogP contribution in [0.3, 0.4) is 0 Å². The number of rotatable bonds is 3. The van der Waals surface area contributed by atoms with E-state index in [2.05, 4.69) is 5.16 Å². The minimum absolute atomic E-state index is 0.00355. The number of nitrogens with two attached hydrogens (primary N) is 1. The predicted octanol–water partition coefficient (Wildman–Crippen LogP) is 2.52. The predicted molar refractivity (Wildman–Crippen MR) is 82.9 cm³/mol. The van der Waals surface area contributed by atoms with E-state index in [9.17, 15) is 4.79 Å². The summed E-state index contributed by atoms with van der Waals surface area (Å²) in [5.41, 5.74) is 6.45. The van der Waals surface area contributed by atoms with Gasteiger partial charge < -0.3 is 15.8 Å². The number of amides is 1. The van der Waals surface area contributed by atoms with Crippen LogP contribution in [-0.2, 0) is 11.2 Å². The van der Waals surface area contributed by atoms with Gasteiger partial charge in [0.15, 0.2) is 0 Å². The summed E-state index contributed by atoms with van der Waals surface area (Å²) in [6, 6.07) is 5.17. The molecule has 1 unspecified atom stereocenters. The molecule has 1 amide bonds. The van der Waals surface area contributed by atoms with Crippen LogP contribution in [-0.4, -0.2) is 34.9 Å². The topological polar surface area (TPSA) is 78.9 Å². The number of likely N-dealkylation sites (tertiary alicyclic amines) is 1. The molecule has 5 nitrogen and oxygen atoms in total. The molecule has 0 aliphatic carbocycles. The molecule has 1 saturated heterocycles. The van der Waals surface area contributed by atoms with Crippen LogP contribution in [0.5, 0.6) is 0 Å². The third-order valence-corrected chi connectivity index (χ3v) is 4.39. The molecule has 2 rings (SSSR count). The summed E-state index contributed by atoms with van der Waals surface area (Å²) in [7, 11) is 0. The van der Waals surface area contributed by atoms with Gasteiger partial charge in [0.2, 0.25) is 5.91 Å². The van der Waals surface area contributed by atoms with E-state index in [-0.39, 0.29) is 24.1 Å². The molecule has 1 heterocycles. The van der Waals surface area contributed by atoms with Gasteiger partial charge in [-0.05, 0) is 30.5 Å². The summed E-state index contributed by atoms with van der Waals surface area (Å²) >= 11 is 11.8. The molecule has 0 saturated carbocycles. The molecule has 3 N–H and O–H groups in total. The normalized spacial score (nSPS) is 19.6. The number of hydrogen-bond acceptors (Lipinski definition) is 3. The minimum Gasteiger partial charge on any atom is -0.409 e. The molecule has 114 valence electrons. The Balaban J connectivity index is 2.01. The van der Waals surface area contributed by atoms with Crippen molar-refractivity contribution in [1.82, 2.24) is 4.90 Å². The van der Waals surface area contributed by atoms with E-state index in [1.807, 2.05) is 0 Å². The van der Waals surface area contributed by atoms with E-state index < -0.39 is 0 Å². The molecule has 0 bridgehead atoms.